The van der Waals surface area contributed by atoms with Gasteiger partial charge < -0.3 is 0 Å². The zero-order valence-corrected chi connectivity index (χ0v) is 24.5. The smallest absolute Gasteiger partial charge is 0.206 e. The van der Waals surface area contributed by atoms with Gasteiger partial charge in [-0.3, -0.25) is 0 Å². The van der Waals surface area contributed by atoms with E-state index in [9.17, 15) is 0 Å². The summed E-state index contributed by atoms with van der Waals surface area (Å²) in [5.74, 6) is 0.257. The minimum absolute atomic E-state index is 0.0323. The van der Waals surface area contributed by atoms with Gasteiger partial charge in [-0.2, -0.15) is 0 Å². The molecule has 0 N–H and O–H groups in total. The molecule has 0 amide bonds. The SMILES string of the molecule is Cc1c(-c2c3ccc([Si](C)(C)c4ccccc4)cc3cc[n+]2C)cc(-c2ccccc2)c(F)c1C1CCCC1. The van der Waals surface area contributed by atoms with Crippen LogP contribution in [0.5, 0.6) is 0 Å². The number of pyridine rings is 1. The van der Waals surface area contributed by atoms with Gasteiger partial charge in [0.2, 0.25) is 5.69 Å². The number of halogens is 1. The summed E-state index contributed by atoms with van der Waals surface area (Å²) < 4.78 is 18.5. The van der Waals surface area contributed by atoms with Gasteiger partial charge in [0.15, 0.2) is 6.20 Å². The molecule has 0 aliphatic heterocycles. The topological polar surface area (TPSA) is 3.88 Å². The van der Waals surface area contributed by atoms with E-state index in [1.807, 2.05) is 30.3 Å². The monoisotopic (exact) mass is 530 g/mol. The second-order valence-electron chi connectivity index (χ2n) is 11.7. The van der Waals surface area contributed by atoms with E-state index >= 15 is 4.39 Å². The van der Waals surface area contributed by atoms with E-state index in [1.54, 1.807) is 0 Å². The van der Waals surface area contributed by atoms with Crippen molar-refractivity contribution < 1.29 is 8.96 Å². The van der Waals surface area contributed by atoms with Gasteiger partial charge in [-0.05, 0) is 59.9 Å². The summed E-state index contributed by atoms with van der Waals surface area (Å²) >= 11 is 0. The predicted octanol–water partition coefficient (Wildman–Crippen LogP) is 7.93. The number of rotatable bonds is 5. The first-order chi connectivity index (χ1) is 18.9. The first kappa shape index (κ1) is 25.7. The molecule has 1 fully saturated rings. The largest absolute Gasteiger partial charge is 0.220 e. The Morgan fingerprint density at radius 1 is 0.769 bits per heavy atom. The van der Waals surface area contributed by atoms with Crippen LogP contribution in [-0.4, -0.2) is 8.07 Å². The summed E-state index contributed by atoms with van der Waals surface area (Å²) in [7, 11) is 0.279. The zero-order valence-electron chi connectivity index (χ0n) is 23.5. The molecule has 4 aromatic carbocycles. The number of aromatic nitrogens is 1. The lowest BCUT2D eigenvalue weighted by molar-refractivity contribution is -0.659. The molecule has 0 radical (unpaired) electrons. The highest BCUT2D eigenvalue weighted by molar-refractivity contribution is 7.00. The molecule has 0 spiro atoms. The summed E-state index contributed by atoms with van der Waals surface area (Å²) in [4.78, 5) is 0. The van der Waals surface area contributed by atoms with Crippen molar-refractivity contribution in [2.24, 2.45) is 7.05 Å². The number of benzene rings is 4. The van der Waals surface area contributed by atoms with Crippen LogP contribution in [0.25, 0.3) is 33.2 Å². The molecule has 1 aliphatic carbocycles. The highest BCUT2D eigenvalue weighted by Crippen LogP contribution is 2.43. The molecule has 1 saturated carbocycles. The second kappa shape index (κ2) is 10.2. The Bertz CT molecular complexity index is 1650. The Morgan fingerprint density at radius 2 is 1.44 bits per heavy atom. The van der Waals surface area contributed by atoms with Gasteiger partial charge in [-0.15, -0.1) is 0 Å². The maximum atomic E-state index is 16.3. The molecular formula is C36H37FNSi+. The molecule has 1 nitrogen and oxygen atoms in total. The van der Waals surface area contributed by atoms with E-state index in [0.29, 0.717) is 5.56 Å². The summed E-state index contributed by atoms with van der Waals surface area (Å²) in [6.07, 6.45) is 6.67. The van der Waals surface area contributed by atoms with E-state index < -0.39 is 8.07 Å². The number of nitrogens with zero attached hydrogens (tertiary/aromatic N) is 1. The van der Waals surface area contributed by atoms with Crippen LogP contribution in [0.3, 0.4) is 0 Å². The average molecular weight is 531 g/mol. The fourth-order valence-electron chi connectivity index (χ4n) is 6.66. The molecule has 1 aromatic heterocycles. The molecule has 1 aliphatic rings. The minimum Gasteiger partial charge on any atom is -0.206 e. The first-order valence-electron chi connectivity index (χ1n) is 14.2. The molecular weight excluding hydrogens is 493 g/mol. The Morgan fingerprint density at radius 3 is 2.13 bits per heavy atom. The Labute approximate surface area is 233 Å². The van der Waals surface area contributed by atoms with E-state index in [-0.39, 0.29) is 11.7 Å². The quantitative estimate of drug-likeness (QED) is 0.160. The van der Waals surface area contributed by atoms with Crippen LogP contribution in [-0.2, 0) is 7.05 Å². The lowest BCUT2D eigenvalue weighted by atomic mass is 9.85. The lowest BCUT2D eigenvalue weighted by Gasteiger charge is -2.24. The maximum Gasteiger partial charge on any atom is 0.220 e. The molecule has 0 atom stereocenters. The summed E-state index contributed by atoms with van der Waals surface area (Å²) in [6, 6.07) is 32.3. The van der Waals surface area contributed by atoms with Crippen LogP contribution in [0.1, 0.15) is 42.7 Å². The summed E-state index contributed by atoms with van der Waals surface area (Å²) in [6.45, 7) is 6.99. The van der Waals surface area contributed by atoms with Gasteiger partial charge in [0.05, 0.1) is 10.9 Å². The van der Waals surface area contributed by atoms with Crippen molar-refractivity contribution in [1.29, 1.82) is 0 Å². The van der Waals surface area contributed by atoms with Crippen molar-refractivity contribution in [3.05, 3.63) is 114 Å². The molecule has 6 rings (SSSR count). The van der Waals surface area contributed by atoms with Crippen LogP contribution in [0.4, 0.5) is 4.39 Å². The van der Waals surface area contributed by atoms with Gasteiger partial charge in [0, 0.05) is 11.6 Å². The minimum atomic E-state index is -1.84. The average Bonchev–Trinajstić information content (AvgIpc) is 3.49. The van der Waals surface area contributed by atoms with Gasteiger partial charge in [0.1, 0.15) is 20.9 Å². The van der Waals surface area contributed by atoms with Crippen LogP contribution in [0.2, 0.25) is 13.1 Å². The highest BCUT2D eigenvalue weighted by atomic mass is 28.3. The van der Waals surface area contributed by atoms with Gasteiger partial charge in [-0.1, -0.05) is 109 Å². The maximum absolute atomic E-state index is 16.3. The Kier molecular flexibility index (Phi) is 6.72. The van der Waals surface area contributed by atoms with Crippen molar-refractivity contribution in [3.63, 3.8) is 0 Å². The van der Waals surface area contributed by atoms with E-state index in [0.717, 1.165) is 40.8 Å². The molecule has 5 aromatic rings. The molecule has 1 heterocycles. The number of aryl methyl sites for hydroxylation is 1. The van der Waals surface area contributed by atoms with E-state index in [2.05, 4.69) is 98.5 Å². The molecule has 0 unspecified atom stereocenters. The standard InChI is InChI=1S/C36H37FNSi/c1-25-32(24-33(26-13-7-5-8-14-26)35(37)34(25)27-15-11-12-16-27)36-31-20-19-30(23-28(31)21-22-38(36)2)39(3,4)29-17-9-6-10-18-29/h5-10,13-14,17-24,27H,11-12,15-16H2,1-4H3/q+1. The van der Waals surface area contributed by atoms with Gasteiger partial charge >= 0.3 is 0 Å². The fourth-order valence-corrected chi connectivity index (χ4v) is 9.04. The number of hydrogen-bond donors (Lipinski definition) is 0. The summed E-state index contributed by atoms with van der Waals surface area (Å²) in [5.41, 5.74) is 5.96. The van der Waals surface area contributed by atoms with Crippen molar-refractivity contribution in [3.8, 4) is 22.4 Å². The fraction of sp³-hybridized carbons (Fsp3) is 0.250. The van der Waals surface area contributed by atoms with Crippen LogP contribution >= 0.6 is 0 Å². The first-order valence-corrected chi connectivity index (χ1v) is 17.2. The second-order valence-corrected chi connectivity index (χ2v) is 16.1. The lowest BCUT2D eigenvalue weighted by Crippen LogP contribution is -2.52. The van der Waals surface area contributed by atoms with Crippen LogP contribution < -0.4 is 14.9 Å². The molecule has 3 heteroatoms. The van der Waals surface area contributed by atoms with Crippen LogP contribution in [0.15, 0.2) is 97.2 Å². The number of fused-ring (bicyclic) bond motifs is 1. The van der Waals surface area contributed by atoms with Crippen molar-refractivity contribution in [2.75, 3.05) is 0 Å². The van der Waals surface area contributed by atoms with Gasteiger partial charge in [-0.25, -0.2) is 8.96 Å². The molecule has 39 heavy (non-hydrogen) atoms. The molecule has 0 saturated heterocycles. The third-order valence-corrected chi connectivity index (χ3v) is 12.6. The normalized spacial score (nSPS) is 14.3. The van der Waals surface area contributed by atoms with Crippen molar-refractivity contribution >= 4 is 29.2 Å². The van der Waals surface area contributed by atoms with Crippen molar-refractivity contribution in [1.82, 2.24) is 0 Å². The number of hydrogen-bond acceptors (Lipinski definition) is 0. The molecule has 0 bridgehead atoms. The Balaban J connectivity index is 1.58. The van der Waals surface area contributed by atoms with Gasteiger partial charge in [0.25, 0.3) is 0 Å². The zero-order chi connectivity index (χ0) is 27.1. The van der Waals surface area contributed by atoms with Crippen LogP contribution in [0, 0.1) is 12.7 Å². The third kappa shape index (κ3) is 4.53. The molecule has 196 valence electrons. The van der Waals surface area contributed by atoms with E-state index in [1.165, 1.54) is 34.0 Å². The van der Waals surface area contributed by atoms with E-state index in [4.69, 9.17) is 0 Å². The summed E-state index contributed by atoms with van der Waals surface area (Å²) in [5, 5.41) is 5.32. The third-order valence-electron chi connectivity index (χ3n) is 9.03. The highest BCUT2D eigenvalue weighted by Gasteiger charge is 2.30. The van der Waals surface area contributed by atoms with Crippen molar-refractivity contribution in [2.45, 2.75) is 51.6 Å². The Hall–Kier alpha value is -3.56. The predicted molar refractivity (Wildman–Crippen MR) is 165 cm³/mol.